The largest absolute Gasteiger partial charge is 0.384 e. The molecule has 0 radical (unpaired) electrons. The number of hydrogen-bond acceptors (Lipinski definition) is 3. The number of nitrogens with one attached hydrogen (secondary N) is 1. The molecular formula is C31H27F2N3O. The third-order valence-electron chi connectivity index (χ3n) is 7.51. The van der Waals surface area contributed by atoms with Crippen molar-refractivity contribution in [2.75, 3.05) is 5.73 Å². The van der Waals surface area contributed by atoms with Crippen molar-refractivity contribution in [1.82, 2.24) is 10.3 Å². The smallest absolute Gasteiger partial charge is 0.251 e. The van der Waals surface area contributed by atoms with Crippen LogP contribution in [0.4, 0.5) is 14.6 Å². The Hall–Kier alpha value is -4.06. The summed E-state index contributed by atoms with van der Waals surface area (Å²) in [5, 5.41) is 3.07. The highest BCUT2D eigenvalue weighted by Crippen LogP contribution is 2.42. The van der Waals surface area contributed by atoms with Crippen molar-refractivity contribution < 1.29 is 13.6 Å². The van der Waals surface area contributed by atoms with Crippen molar-refractivity contribution in [3.05, 3.63) is 117 Å². The van der Waals surface area contributed by atoms with Gasteiger partial charge in [0.2, 0.25) is 0 Å². The number of fused-ring (bicyclic) bond motifs is 2. The maximum absolute atomic E-state index is 14.4. The zero-order valence-electron chi connectivity index (χ0n) is 20.6. The molecule has 6 rings (SSSR count). The molecule has 3 N–H and O–H groups in total. The number of hydrogen-bond donors (Lipinski definition) is 2. The lowest BCUT2D eigenvalue weighted by atomic mass is 9.83. The van der Waals surface area contributed by atoms with Gasteiger partial charge in [-0.15, -0.1) is 0 Å². The number of halogens is 2. The number of aryl methyl sites for hydroxylation is 1. The van der Waals surface area contributed by atoms with Gasteiger partial charge in [-0.05, 0) is 108 Å². The fraction of sp³-hybridized carbons (Fsp3) is 0.226. The van der Waals surface area contributed by atoms with Crippen LogP contribution in [-0.2, 0) is 19.4 Å². The summed E-state index contributed by atoms with van der Waals surface area (Å²) in [6, 6.07) is 17.3. The Morgan fingerprint density at radius 2 is 1.68 bits per heavy atom. The number of carbonyl (C=O) groups is 1. The van der Waals surface area contributed by atoms with Gasteiger partial charge in [0, 0.05) is 29.4 Å². The number of rotatable bonds is 5. The van der Waals surface area contributed by atoms with Gasteiger partial charge < -0.3 is 11.1 Å². The molecule has 0 unspecified atom stereocenters. The Labute approximate surface area is 214 Å². The van der Waals surface area contributed by atoms with Gasteiger partial charge in [-0.1, -0.05) is 24.3 Å². The first-order chi connectivity index (χ1) is 17.9. The van der Waals surface area contributed by atoms with E-state index in [0.29, 0.717) is 41.4 Å². The van der Waals surface area contributed by atoms with Gasteiger partial charge >= 0.3 is 0 Å². The molecule has 4 nitrogen and oxygen atoms in total. The summed E-state index contributed by atoms with van der Waals surface area (Å²) in [6.07, 6.45) is 3.69. The molecule has 1 amide bonds. The molecule has 0 spiro atoms. The van der Waals surface area contributed by atoms with Gasteiger partial charge in [0.15, 0.2) is 0 Å². The van der Waals surface area contributed by atoms with E-state index in [1.54, 1.807) is 0 Å². The van der Waals surface area contributed by atoms with Crippen molar-refractivity contribution in [2.24, 2.45) is 0 Å². The van der Waals surface area contributed by atoms with E-state index >= 15 is 0 Å². The van der Waals surface area contributed by atoms with Crippen LogP contribution in [0, 0.1) is 18.6 Å². The summed E-state index contributed by atoms with van der Waals surface area (Å²) >= 11 is 0. The normalized spacial score (nSPS) is 14.1. The van der Waals surface area contributed by atoms with E-state index in [4.69, 9.17) is 5.73 Å². The summed E-state index contributed by atoms with van der Waals surface area (Å²) < 4.78 is 27.7. The van der Waals surface area contributed by atoms with Crippen LogP contribution in [0.15, 0.2) is 60.7 Å². The maximum atomic E-state index is 14.4. The minimum absolute atomic E-state index is 0.131. The molecule has 2 aliphatic carbocycles. The Morgan fingerprint density at radius 1 is 0.946 bits per heavy atom. The van der Waals surface area contributed by atoms with Crippen molar-refractivity contribution >= 4 is 11.7 Å². The number of nitrogen functional groups attached to an aromatic ring is 1. The predicted octanol–water partition coefficient (Wildman–Crippen LogP) is 6.22. The lowest BCUT2D eigenvalue weighted by molar-refractivity contribution is 0.0950. The average molecular weight is 496 g/mol. The third kappa shape index (κ3) is 4.59. The molecule has 37 heavy (non-hydrogen) atoms. The van der Waals surface area contributed by atoms with Gasteiger partial charge in [-0.2, -0.15) is 0 Å². The number of nitrogens with zero attached hydrogens (tertiary/aromatic N) is 1. The molecule has 1 fully saturated rings. The fourth-order valence-corrected chi connectivity index (χ4v) is 5.38. The van der Waals surface area contributed by atoms with Crippen molar-refractivity contribution in [3.63, 3.8) is 0 Å². The zero-order chi connectivity index (χ0) is 25.7. The summed E-state index contributed by atoms with van der Waals surface area (Å²) in [4.78, 5) is 17.5. The maximum Gasteiger partial charge on any atom is 0.251 e. The van der Waals surface area contributed by atoms with E-state index < -0.39 is 11.6 Å². The van der Waals surface area contributed by atoms with E-state index in [2.05, 4.69) is 10.3 Å². The Kier molecular flexibility index (Phi) is 5.75. The molecule has 1 aromatic heterocycles. The first-order valence-electron chi connectivity index (χ1n) is 12.6. The number of pyridine rings is 1. The van der Waals surface area contributed by atoms with Gasteiger partial charge in [-0.3, -0.25) is 4.79 Å². The number of carbonyl (C=O) groups excluding carboxylic acids is 1. The minimum atomic E-state index is -0.592. The average Bonchev–Trinajstić information content (AvgIpc) is 3.71. The lowest BCUT2D eigenvalue weighted by Crippen LogP contribution is -2.24. The molecule has 6 heteroatoms. The van der Waals surface area contributed by atoms with Gasteiger partial charge in [0.05, 0.1) is 0 Å². The van der Waals surface area contributed by atoms with Crippen molar-refractivity contribution in [2.45, 2.75) is 45.1 Å². The summed E-state index contributed by atoms with van der Waals surface area (Å²) in [5.74, 6) is -0.270. The molecule has 4 aromatic rings. The van der Waals surface area contributed by atoms with Gasteiger partial charge in [-0.25, -0.2) is 13.8 Å². The molecule has 0 bridgehead atoms. The standard InChI is InChI=1S/C31H27F2N3O/c1-17-28(27(18-2-3-18)15-30(34)36-17)16-35-31(37)22-7-5-20-10-19-4-6-21(11-23(19)13-24(20)12-22)26-9-8-25(32)14-29(26)33/h4-9,11-12,14-15,18H,2-3,10,13,16H2,1H3,(H2,34,36)(H,35,37). The van der Waals surface area contributed by atoms with Crippen LogP contribution in [0.2, 0.25) is 0 Å². The van der Waals surface area contributed by atoms with Crippen LogP contribution >= 0.6 is 0 Å². The first-order valence-corrected chi connectivity index (χ1v) is 12.6. The minimum Gasteiger partial charge on any atom is -0.384 e. The van der Waals surface area contributed by atoms with E-state index in [1.807, 2.05) is 49.4 Å². The fourth-order valence-electron chi connectivity index (χ4n) is 5.38. The van der Waals surface area contributed by atoms with E-state index in [9.17, 15) is 13.6 Å². The molecule has 3 aromatic carbocycles. The lowest BCUT2D eigenvalue weighted by Gasteiger charge is -2.21. The third-order valence-corrected chi connectivity index (χ3v) is 7.51. The molecule has 2 aliphatic rings. The zero-order valence-corrected chi connectivity index (χ0v) is 20.6. The molecule has 1 saturated carbocycles. The van der Waals surface area contributed by atoms with E-state index in [0.717, 1.165) is 47.7 Å². The molecule has 186 valence electrons. The van der Waals surface area contributed by atoms with Crippen LogP contribution in [0.3, 0.4) is 0 Å². The highest BCUT2D eigenvalue weighted by Gasteiger charge is 2.28. The SMILES string of the molecule is Cc1nc(N)cc(C2CC2)c1CNC(=O)c1ccc2c(c1)Cc1cc(-c3ccc(F)cc3F)ccc1C2. The summed E-state index contributed by atoms with van der Waals surface area (Å²) in [5.41, 5.74) is 15.3. The second-order valence-corrected chi connectivity index (χ2v) is 10.1. The second kappa shape index (κ2) is 9.11. The van der Waals surface area contributed by atoms with E-state index in [-0.39, 0.29) is 5.91 Å². The Balaban J connectivity index is 1.22. The monoisotopic (exact) mass is 495 g/mol. The van der Waals surface area contributed by atoms with Gasteiger partial charge in [0.25, 0.3) is 5.91 Å². The summed E-state index contributed by atoms with van der Waals surface area (Å²) in [6.45, 7) is 2.35. The number of anilines is 1. The van der Waals surface area contributed by atoms with Crippen LogP contribution < -0.4 is 11.1 Å². The van der Waals surface area contributed by atoms with Crippen molar-refractivity contribution in [3.8, 4) is 11.1 Å². The molecule has 0 atom stereocenters. The Morgan fingerprint density at radius 3 is 2.43 bits per heavy atom. The molecular weight excluding hydrogens is 468 g/mol. The van der Waals surface area contributed by atoms with Crippen LogP contribution in [0.5, 0.6) is 0 Å². The van der Waals surface area contributed by atoms with Crippen LogP contribution in [0.25, 0.3) is 11.1 Å². The quantitative estimate of drug-likeness (QED) is 0.304. The predicted molar refractivity (Wildman–Crippen MR) is 140 cm³/mol. The number of benzene rings is 3. The highest BCUT2D eigenvalue weighted by atomic mass is 19.1. The number of amides is 1. The Bertz CT molecular complexity index is 1560. The number of aromatic nitrogens is 1. The summed E-state index contributed by atoms with van der Waals surface area (Å²) in [7, 11) is 0. The van der Waals surface area contributed by atoms with Crippen LogP contribution in [-0.4, -0.2) is 10.9 Å². The van der Waals surface area contributed by atoms with Crippen molar-refractivity contribution in [1.29, 1.82) is 0 Å². The molecule has 0 saturated heterocycles. The second-order valence-electron chi connectivity index (χ2n) is 10.1. The highest BCUT2D eigenvalue weighted by molar-refractivity contribution is 5.94. The van der Waals surface area contributed by atoms with Crippen LogP contribution in [0.1, 0.15) is 68.2 Å². The van der Waals surface area contributed by atoms with Gasteiger partial charge in [0.1, 0.15) is 17.5 Å². The topological polar surface area (TPSA) is 68.0 Å². The number of nitrogens with two attached hydrogens (primary N) is 1. The first kappa shape index (κ1) is 23.3. The molecule has 0 aliphatic heterocycles. The van der Waals surface area contributed by atoms with E-state index in [1.165, 1.54) is 28.8 Å². The molecule has 1 heterocycles.